The fourth-order valence-corrected chi connectivity index (χ4v) is 4.52. The van der Waals surface area contributed by atoms with E-state index < -0.39 is 10.0 Å². The highest BCUT2D eigenvalue weighted by Gasteiger charge is 2.28. The molecule has 112 valence electrons. The minimum absolute atomic E-state index is 0.166. The van der Waals surface area contributed by atoms with E-state index in [0.29, 0.717) is 18.0 Å². The molecule has 0 saturated carbocycles. The van der Waals surface area contributed by atoms with Crippen LogP contribution in [-0.2, 0) is 10.0 Å². The van der Waals surface area contributed by atoms with Crippen LogP contribution in [0.1, 0.15) is 13.3 Å². The summed E-state index contributed by atoms with van der Waals surface area (Å²) in [4.78, 5) is 4.43. The Kier molecular flexibility index (Phi) is 3.93. The molecule has 1 atom stereocenters. The summed E-state index contributed by atoms with van der Waals surface area (Å²) in [5.74, 6) is 0. The van der Waals surface area contributed by atoms with E-state index in [1.54, 1.807) is 34.9 Å². The number of pyridine rings is 1. The first-order valence-corrected chi connectivity index (χ1v) is 8.59. The first-order valence-electron chi connectivity index (χ1n) is 7.15. The van der Waals surface area contributed by atoms with E-state index in [1.165, 1.54) is 0 Å². The molecule has 1 aliphatic heterocycles. The van der Waals surface area contributed by atoms with Crippen molar-refractivity contribution in [1.82, 2.24) is 14.6 Å². The third kappa shape index (κ3) is 2.79. The van der Waals surface area contributed by atoms with Crippen LogP contribution in [0.5, 0.6) is 0 Å². The van der Waals surface area contributed by atoms with Gasteiger partial charge in [-0.05, 0) is 32.0 Å². The minimum Gasteiger partial charge on any atom is -0.313 e. The van der Waals surface area contributed by atoms with E-state index in [9.17, 15) is 8.42 Å². The number of benzene rings is 1. The van der Waals surface area contributed by atoms with Crippen molar-refractivity contribution in [1.29, 1.82) is 0 Å². The Hall–Kier alpha value is -1.50. The predicted molar refractivity (Wildman–Crippen MR) is 82.6 cm³/mol. The van der Waals surface area contributed by atoms with Gasteiger partial charge in [-0.15, -0.1) is 0 Å². The smallest absolute Gasteiger partial charge is 0.243 e. The maximum absolute atomic E-state index is 13.0. The zero-order chi connectivity index (χ0) is 14.9. The van der Waals surface area contributed by atoms with E-state index in [1.807, 2.05) is 13.0 Å². The number of sulfonamides is 1. The quantitative estimate of drug-likeness (QED) is 0.915. The summed E-state index contributed by atoms with van der Waals surface area (Å²) in [6.45, 7) is 3.93. The van der Waals surface area contributed by atoms with E-state index in [4.69, 9.17) is 0 Å². The molecule has 1 fully saturated rings. The van der Waals surface area contributed by atoms with Gasteiger partial charge in [0.25, 0.3) is 0 Å². The number of aromatic nitrogens is 1. The molecule has 5 nitrogen and oxygen atoms in total. The van der Waals surface area contributed by atoms with Gasteiger partial charge in [0.05, 0.1) is 4.90 Å². The average Bonchev–Trinajstić information content (AvgIpc) is 2.71. The molecule has 1 aliphatic rings. The molecule has 21 heavy (non-hydrogen) atoms. The SMILES string of the molecule is CC1CN(S(=O)(=O)c2cccc3cnccc23)CCCN1. The predicted octanol–water partition coefficient (Wildman–Crippen LogP) is 1.61. The lowest BCUT2D eigenvalue weighted by Gasteiger charge is -2.22. The van der Waals surface area contributed by atoms with Gasteiger partial charge in [0.15, 0.2) is 0 Å². The van der Waals surface area contributed by atoms with Crippen LogP contribution in [0.4, 0.5) is 0 Å². The van der Waals surface area contributed by atoms with Crippen molar-refractivity contribution in [2.24, 2.45) is 0 Å². The summed E-state index contributed by atoms with van der Waals surface area (Å²) < 4.78 is 27.5. The van der Waals surface area contributed by atoms with Crippen molar-refractivity contribution in [2.45, 2.75) is 24.3 Å². The second-order valence-electron chi connectivity index (χ2n) is 5.42. The van der Waals surface area contributed by atoms with Crippen molar-refractivity contribution >= 4 is 20.8 Å². The molecule has 1 saturated heterocycles. The Balaban J connectivity index is 2.07. The number of hydrogen-bond acceptors (Lipinski definition) is 4. The first-order chi connectivity index (χ1) is 10.1. The van der Waals surface area contributed by atoms with Crippen LogP contribution >= 0.6 is 0 Å². The standard InChI is InChI=1S/C15H19N3O2S/c1-12-11-18(9-3-7-17-12)21(19,20)15-5-2-4-13-10-16-8-6-14(13)15/h2,4-6,8,10,12,17H,3,7,9,11H2,1H3. The Morgan fingerprint density at radius 2 is 2.19 bits per heavy atom. The Morgan fingerprint density at radius 1 is 1.33 bits per heavy atom. The topological polar surface area (TPSA) is 62.3 Å². The van der Waals surface area contributed by atoms with Crippen molar-refractivity contribution in [3.63, 3.8) is 0 Å². The van der Waals surface area contributed by atoms with Crippen molar-refractivity contribution in [2.75, 3.05) is 19.6 Å². The molecule has 0 amide bonds. The summed E-state index contributed by atoms with van der Waals surface area (Å²) in [6.07, 6.45) is 4.16. The lowest BCUT2D eigenvalue weighted by Crippen LogP contribution is -2.38. The van der Waals surface area contributed by atoms with E-state index >= 15 is 0 Å². The van der Waals surface area contributed by atoms with Crippen LogP contribution in [0.2, 0.25) is 0 Å². The van der Waals surface area contributed by atoms with E-state index in [2.05, 4.69) is 10.3 Å². The summed E-state index contributed by atoms with van der Waals surface area (Å²) in [6, 6.07) is 7.27. The van der Waals surface area contributed by atoms with Crippen molar-refractivity contribution < 1.29 is 8.42 Å². The third-order valence-corrected chi connectivity index (χ3v) is 5.74. The molecule has 0 aliphatic carbocycles. The summed E-state index contributed by atoms with van der Waals surface area (Å²) in [5.41, 5.74) is 0. The van der Waals surface area contributed by atoms with Crippen LogP contribution in [0.25, 0.3) is 10.8 Å². The van der Waals surface area contributed by atoms with Crippen LogP contribution < -0.4 is 5.32 Å². The third-order valence-electron chi connectivity index (χ3n) is 3.81. The molecule has 1 N–H and O–H groups in total. The highest BCUT2D eigenvalue weighted by atomic mass is 32.2. The van der Waals surface area contributed by atoms with Gasteiger partial charge in [0, 0.05) is 42.3 Å². The van der Waals surface area contributed by atoms with Crippen molar-refractivity contribution in [3.8, 4) is 0 Å². The van der Waals surface area contributed by atoms with Crippen LogP contribution in [0.15, 0.2) is 41.6 Å². The number of nitrogens with one attached hydrogen (secondary N) is 1. The first kappa shape index (κ1) is 14.4. The monoisotopic (exact) mass is 305 g/mol. The van der Waals surface area contributed by atoms with Crippen LogP contribution in [0.3, 0.4) is 0 Å². The number of nitrogens with zero attached hydrogens (tertiary/aromatic N) is 2. The Labute approximate surface area is 125 Å². The lowest BCUT2D eigenvalue weighted by molar-refractivity contribution is 0.404. The molecule has 0 spiro atoms. The molecule has 2 aromatic rings. The van der Waals surface area contributed by atoms with Gasteiger partial charge in [-0.25, -0.2) is 8.42 Å². The molecule has 6 heteroatoms. The summed E-state index contributed by atoms with van der Waals surface area (Å²) in [5, 5.41) is 4.90. The van der Waals surface area contributed by atoms with E-state index in [-0.39, 0.29) is 6.04 Å². The molecule has 3 rings (SSSR count). The number of rotatable bonds is 2. The van der Waals surface area contributed by atoms with E-state index in [0.717, 1.165) is 23.7 Å². The average molecular weight is 305 g/mol. The summed E-state index contributed by atoms with van der Waals surface area (Å²) >= 11 is 0. The van der Waals surface area contributed by atoms with Gasteiger partial charge in [-0.1, -0.05) is 12.1 Å². The largest absolute Gasteiger partial charge is 0.313 e. The second kappa shape index (κ2) is 5.71. The van der Waals surface area contributed by atoms with Gasteiger partial charge in [-0.3, -0.25) is 4.98 Å². The molecular weight excluding hydrogens is 286 g/mol. The molecule has 1 aromatic heterocycles. The van der Waals surface area contributed by atoms with Crippen LogP contribution in [0, 0.1) is 0 Å². The van der Waals surface area contributed by atoms with Gasteiger partial charge in [0.2, 0.25) is 10.0 Å². The Bertz CT molecular complexity index is 740. The molecule has 0 bridgehead atoms. The van der Waals surface area contributed by atoms with Gasteiger partial charge < -0.3 is 5.32 Å². The highest BCUT2D eigenvalue weighted by molar-refractivity contribution is 7.89. The molecule has 2 heterocycles. The fraction of sp³-hybridized carbons (Fsp3) is 0.400. The van der Waals surface area contributed by atoms with Crippen LogP contribution in [-0.4, -0.2) is 43.4 Å². The van der Waals surface area contributed by atoms with Gasteiger partial charge in [0.1, 0.15) is 0 Å². The zero-order valence-electron chi connectivity index (χ0n) is 12.0. The summed E-state index contributed by atoms with van der Waals surface area (Å²) in [7, 11) is -3.48. The highest BCUT2D eigenvalue weighted by Crippen LogP contribution is 2.25. The van der Waals surface area contributed by atoms with Crippen molar-refractivity contribution in [3.05, 3.63) is 36.7 Å². The Morgan fingerprint density at radius 3 is 3.05 bits per heavy atom. The van der Waals surface area contributed by atoms with Gasteiger partial charge in [-0.2, -0.15) is 4.31 Å². The maximum Gasteiger partial charge on any atom is 0.243 e. The fourth-order valence-electron chi connectivity index (χ4n) is 2.74. The second-order valence-corrected chi connectivity index (χ2v) is 7.33. The normalized spacial score (nSPS) is 21.3. The lowest BCUT2D eigenvalue weighted by atomic mass is 10.2. The molecule has 1 aromatic carbocycles. The molecular formula is C15H19N3O2S. The number of hydrogen-bond donors (Lipinski definition) is 1. The maximum atomic E-state index is 13.0. The number of fused-ring (bicyclic) bond motifs is 1. The molecule has 0 radical (unpaired) electrons. The van der Waals surface area contributed by atoms with Gasteiger partial charge >= 0.3 is 0 Å². The zero-order valence-corrected chi connectivity index (χ0v) is 12.8. The minimum atomic E-state index is -3.48. The molecule has 1 unspecified atom stereocenters.